The molecule has 0 aromatic heterocycles. The molecule has 0 amide bonds. The van der Waals surface area contributed by atoms with Crippen LogP contribution >= 0.6 is 0 Å². The van der Waals surface area contributed by atoms with Crippen molar-refractivity contribution in [2.45, 2.75) is 25.9 Å². The van der Waals surface area contributed by atoms with Gasteiger partial charge in [-0.3, -0.25) is 0 Å². The van der Waals surface area contributed by atoms with E-state index in [0.29, 0.717) is 30.5 Å². The topological polar surface area (TPSA) is 18.5 Å². The van der Waals surface area contributed by atoms with Crippen molar-refractivity contribution in [1.29, 1.82) is 0 Å². The Morgan fingerprint density at radius 3 is 1.80 bits per heavy atom. The Morgan fingerprint density at radius 2 is 1.24 bits per heavy atom. The lowest BCUT2D eigenvalue weighted by atomic mass is 9.97. The molecule has 0 radical (unpaired) electrons. The van der Waals surface area contributed by atoms with Crippen molar-refractivity contribution in [2.24, 2.45) is 0 Å². The van der Waals surface area contributed by atoms with Crippen molar-refractivity contribution in [1.82, 2.24) is 0 Å². The van der Waals surface area contributed by atoms with E-state index >= 15 is 4.39 Å². The molecule has 0 saturated carbocycles. The van der Waals surface area contributed by atoms with Crippen LogP contribution in [0.2, 0.25) is 0 Å². The van der Waals surface area contributed by atoms with E-state index in [1.165, 1.54) is 18.2 Å². The molecular weight excluding hydrogens is 625 g/mol. The van der Waals surface area contributed by atoms with Crippen molar-refractivity contribution < 1.29 is 57.8 Å². The summed E-state index contributed by atoms with van der Waals surface area (Å²) in [6.07, 6.45) is -2.97. The maximum Gasteiger partial charge on any atom is 0.432 e. The highest BCUT2D eigenvalue weighted by Gasteiger charge is 2.42. The molecule has 0 heterocycles. The lowest BCUT2D eigenvalue weighted by molar-refractivity contribution is -0.189. The Balaban J connectivity index is 1.60. The number of allylic oxidation sites excluding steroid dienone is 2. The zero-order chi connectivity index (χ0) is 33.1. The molecule has 2 nitrogen and oxygen atoms in total. The van der Waals surface area contributed by atoms with E-state index < -0.39 is 81.3 Å². The highest BCUT2D eigenvalue weighted by Crippen LogP contribution is 2.39. The zero-order valence-electron chi connectivity index (χ0n) is 22.8. The molecule has 13 heteroatoms. The number of rotatable bonds is 10. The third-order valence-corrected chi connectivity index (χ3v) is 6.35. The van der Waals surface area contributed by atoms with Gasteiger partial charge >= 0.3 is 18.2 Å². The number of hydrogen-bond acceptors (Lipinski definition) is 2. The third kappa shape index (κ3) is 7.47. The number of ether oxygens (including phenoxy) is 2. The molecule has 0 atom stereocenters. The first-order valence-corrected chi connectivity index (χ1v) is 12.9. The lowest BCUT2D eigenvalue weighted by Crippen LogP contribution is -2.25. The molecule has 0 bridgehead atoms. The van der Waals surface area contributed by atoms with Crippen LogP contribution in [0, 0.1) is 34.9 Å². The minimum Gasteiger partial charge on any atom is -0.429 e. The van der Waals surface area contributed by atoms with Gasteiger partial charge in [-0.15, -0.1) is 0 Å². The summed E-state index contributed by atoms with van der Waals surface area (Å²) in [6.45, 7) is 1.85. The minimum atomic E-state index is -4.93. The zero-order valence-corrected chi connectivity index (χ0v) is 22.8. The molecule has 4 aromatic carbocycles. The molecule has 45 heavy (non-hydrogen) atoms. The van der Waals surface area contributed by atoms with Gasteiger partial charge in [-0.25, -0.2) is 26.3 Å². The quantitative estimate of drug-likeness (QED) is 0.0972. The number of halogens is 11. The summed E-state index contributed by atoms with van der Waals surface area (Å²) in [5.74, 6) is -12.6. The van der Waals surface area contributed by atoms with E-state index in [1.807, 2.05) is 19.1 Å². The van der Waals surface area contributed by atoms with E-state index in [-0.39, 0.29) is 23.3 Å². The van der Waals surface area contributed by atoms with Crippen molar-refractivity contribution in [3.63, 3.8) is 0 Å². The summed E-state index contributed by atoms with van der Waals surface area (Å²) in [6, 6.07) is 5.61. The number of alkyl halides is 2. The summed E-state index contributed by atoms with van der Waals surface area (Å²) in [7, 11) is 0. The van der Waals surface area contributed by atoms with Crippen LogP contribution in [0.25, 0.3) is 22.3 Å². The normalized spacial score (nSPS) is 11.6. The van der Waals surface area contributed by atoms with E-state index in [2.05, 4.69) is 9.47 Å². The van der Waals surface area contributed by atoms with Gasteiger partial charge in [0.15, 0.2) is 11.6 Å². The Hall–Kier alpha value is -4.81. The van der Waals surface area contributed by atoms with Crippen LogP contribution in [-0.2, 0) is 12.5 Å². The molecule has 0 fully saturated rings. The first-order chi connectivity index (χ1) is 21.2. The van der Waals surface area contributed by atoms with E-state index in [4.69, 9.17) is 0 Å². The molecule has 0 N–H and O–H groups in total. The lowest BCUT2D eigenvalue weighted by Gasteiger charge is -2.20. The standard InChI is InChI=1S/C32H19F11O2/c1-2-3-4-5-16-6-8-20(22(33)10-16)17-7-9-21(23(34)11-17)18-12-24(35)28(25(36)13-18)32(42,43)45-19-14-26(37)29(27(38)15-19)44-31(41)30(39)40/h2-3,6-15H,4-5H2,1H3/b3-2+. The fraction of sp³-hybridized carbons (Fsp3) is 0.125. The molecule has 4 aromatic rings. The summed E-state index contributed by atoms with van der Waals surface area (Å²) in [5.41, 5.74) is -2.13. The Kier molecular flexibility index (Phi) is 9.89. The van der Waals surface area contributed by atoms with Gasteiger partial charge in [0.05, 0.1) is 0 Å². The van der Waals surface area contributed by atoms with Crippen LogP contribution in [-0.4, -0.2) is 0 Å². The van der Waals surface area contributed by atoms with Gasteiger partial charge < -0.3 is 9.47 Å². The minimum absolute atomic E-state index is 0.0307. The monoisotopic (exact) mass is 644 g/mol. The first kappa shape index (κ1) is 33.1. The van der Waals surface area contributed by atoms with E-state index in [0.717, 1.165) is 12.1 Å². The molecule has 0 spiro atoms. The average molecular weight is 644 g/mol. The molecular formula is C32H19F11O2. The van der Waals surface area contributed by atoms with Crippen LogP contribution < -0.4 is 9.47 Å². The summed E-state index contributed by atoms with van der Waals surface area (Å²) in [5, 5.41) is 0. The smallest absolute Gasteiger partial charge is 0.429 e. The van der Waals surface area contributed by atoms with Gasteiger partial charge in [0.2, 0.25) is 5.75 Å². The highest BCUT2D eigenvalue weighted by molar-refractivity contribution is 5.72. The third-order valence-electron chi connectivity index (χ3n) is 6.35. The maximum absolute atomic E-state index is 15.1. The SMILES string of the molecule is C/C=C/CCc1ccc(-c2ccc(-c3cc(F)c(C(F)(F)Oc4cc(F)c(OC(F)=C(F)F)c(F)c4)c(F)c3)c(F)c2)c(F)c1. The Bertz CT molecular complexity index is 1750. The molecule has 0 aliphatic rings. The predicted molar refractivity (Wildman–Crippen MR) is 142 cm³/mol. The van der Waals surface area contributed by atoms with Gasteiger partial charge in [0, 0.05) is 23.3 Å². The van der Waals surface area contributed by atoms with Gasteiger partial charge in [-0.2, -0.15) is 22.0 Å². The van der Waals surface area contributed by atoms with E-state index in [1.54, 1.807) is 6.07 Å². The van der Waals surface area contributed by atoms with Gasteiger partial charge in [0.25, 0.3) is 0 Å². The number of benzene rings is 4. The first-order valence-electron chi connectivity index (χ1n) is 12.9. The summed E-state index contributed by atoms with van der Waals surface area (Å²) in [4.78, 5) is 0. The fourth-order valence-corrected chi connectivity index (χ4v) is 4.31. The highest BCUT2D eigenvalue weighted by atomic mass is 19.3. The van der Waals surface area contributed by atoms with E-state index in [9.17, 15) is 43.9 Å². The van der Waals surface area contributed by atoms with Crippen molar-refractivity contribution in [3.8, 4) is 33.8 Å². The largest absolute Gasteiger partial charge is 0.432 e. The maximum atomic E-state index is 15.1. The summed E-state index contributed by atoms with van der Waals surface area (Å²) >= 11 is 0. The molecule has 0 unspecified atom stereocenters. The molecule has 0 saturated heterocycles. The molecule has 0 aliphatic heterocycles. The number of hydrogen-bond donors (Lipinski definition) is 0. The predicted octanol–water partition coefficient (Wildman–Crippen LogP) is 10.9. The Labute approximate surface area is 248 Å². The van der Waals surface area contributed by atoms with Gasteiger partial charge in [-0.1, -0.05) is 36.4 Å². The molecule has 4 rings (SSSR count). The second-order valence-corrected chi connectivity index (χ2v) is 9.40. The molecule has 236 valence electrons. The van der Waals surface area contributed by atoms with Crippen LogP contribution in [0.1, 0.15) is 24.5 Å². The summed E-state index contributed by atoms with van der Waals surface area (Å²) < 4.78 is 162. The second-order valence-electron chi connectivity index (χ2n) is 9.40. The molecule has 0 aliphatic carbocycles. The second kappa shape index (κ2) is 13.4. The van der Waals surface area contributed by atoms with Crippen molar-refractivity contribution in [2.75, 3.05) is 0 Å². The van der Waals surface area contributed by atoms with Gasteiger partial charge in [-0.05, 0) is 60.7 Å². The van der Waals surface area contributed by atoms with Crippen LogP contribution in [0.15, 0.2) is 84.9 Å². The fourth-order valence-electron chi connectivity index (χ4n) is 4.31. The average Bonchev–Trinajstić information content (AvgIpc) is 2.94. The van der Waals surface area contributed by atoms with Crippen LogP contribution in [0.3, 0.4) is 0 Å². The number of aryl methyl sites for hydroxylation is 1. The Morgan fingerprint density at radius 1 is 0.689 bits per heavy atom. The van der Waals surface area contributed by atoms with Gasteiger partial charge in [0.1, 0.15) is 34.6 Å². The van der Waals surface area contributed by atoms with Crippen LogP contribution in [0.4, 0.5) is 48.3 Å². The van der Waals surface area contributed by atoms with Crippen molar-refractivity contribution in [3.05, 3.63) is 131 Å². The van der Waals surface area contributed by atoms with Crippen molar-refractivity contribution >= 4 is 0 Å². The van der Waals surface area contributed by atoms with Crippen LogP contribution in [0.5, 0.6) is 11.5 Å².